The summed E-state index contributed by atoms with van der Waals surface area (Å²) in [6.07, 6.45) is -1.80. The van der Waals surface area contributed by atoms with Crippen LogP contribution in [0.3, 0.4) is 0 Å². The van der Waals surface area contributed by atoms with E-state index < -0.39 is 17.5 Å². The average molecular weight is 310 g/mol. The number of anilines is 1. The third-order valence-electron chi connectivity index (χ3n) is 2.98. The van der Waals surface area contributed by atoms with Crippen molar-refractivity contribution >= 4 is 12.0 Å². The fourth-order valence-electron chi connectivity index (χ4n) is 2.02. The van der Waals surface area contributed by atoms with Crippen molar-refractivity contribution in [1.82, 2.24) is 9.97 Å². The first-order valence-electron chi connectivity index (χ1n) is 6.20. The monoisotopic (exact) mass is 310 g/mol. The van der Waals surface area contributed by atoms with E-state index in [1.54, 1.807) is 7.05 Å². The topological polar surface area (TPSA) is 84.4 Å². The number of phenols is 1. The molecule has 5 nitrogen and oxygen atoms in total. The molecule has 0 spiro atoms. The summed E-state index contributed by atoms with van der Waals surface area (Å²) in [4.78, 5) is 11.8. The third kappa shape index (κ3) is 3.00. The zero-order valence-corrected chi connectivity index (χ0v) is 11.8. The van der Waals surface area contributed by atoms with Gasteiger partial charge in [-0.1, -0.05) is 0 Å². The number of benzene rings is 1. The number of halogens is 3. The summed E-state index contributed by atoms with van der Waals surface area (Å²) in [5.74, 6) is -0.459. The highest BCUT2D eigenvalue weighted by Gasteiger charge is 2.32. The Balaban J connectivity index is 2.56. The molecule has 1 aromatic heterocycles. The molecule has 0 aliphatic rings. The molecular weight excluding hydrogens is 297 g/mol. The number of hydrogen-bond donors (Lipinski definition) is 2. The van der Waals surface area contributed by atoms with Crippen molar-refractivity contribution in [2.75, 3.05) is 12.8 Å². The summed E-state index contributed by atoms with van der Waals surface area (Å²) in [6.45, 7) is 1.45. The molecule has 3 N–H and O–H groups in total. The van der Waals surface area contributed by atoms with Gasteiger partial charge in [0.05, 0.1) is 23.7 Å². The Morgan fingerprint density at radius 3 is 2.50 bits per heavy atom. The van der Waals surface area contributed by atoms with Crippen molar-refractivity contribution in [3.8, 4) is 17.0 Å². The molecule has 116 valence electrons. The van der Waals surface area contributed by atoms with Crippen LogP contribution >= 0.6 is 0 Å². The van der Waals surface area contributed by atoms with Crippen molar-refractivity contribution in [2.45, 2.75) is 13.1 Å². The molecule has 0 radical (unpaired) electrons. The van der Waals surface area contributed by atoms with E-state index in [9.17, 15) is 18.3 Å². The van der Waals surface area contributed by atoms with Crippen LogP contribution in [0.5, 0.6) is 5.75 Å². The van der Waals surface area contributed by atoms with E-state index in [1.807, 2.05) is 0 Å². The first kappa shape index (κ1) is 15.7. The lowest BCUT2D eigenvalue weighted by Crippen LogP contribution is -2.06. The minimum Gasteiger partial charge on any atom is -0.507 e. The highest BCUT2D eigenvalue weighted by Crippen LogP contribution is 2.38. The number of aromatic hydroxyl groups is 1. The second-order valence-corrected chi connectivity index (χ2v) is 4.60. The highest BCUT2D eigenvalue weighted by molar-refractivity contribution is 5.84. The van der Waals surface area contributed by atoms with E-state index in [1.165, 1.54) is 19.3 Å². The van der Waals surface area contributed by atoms with Crippen molar-refractivity contribution in [3.63, 3.8) is 0 Å². The average Bonchev–Trinajstić information content (AvgIpc) is 2.40. The van der Waals surface area contributed by atoms with Crippen molar-refractivity contribution < 1.29 is 18.3 Å². The molecule has 1 aromatic carbocycles. The molecule has 2 aromatic rings. The fraction of sp³-hybridized carbons (Fsp3) is 0.214. The first-order valence-corrected chi connectivity index (χ1v) is 6.20. The van der Waals surface area contributed by atoms with Gasteiger partial charge in [-0.15, -0.1) is 0 Å². The highest BCUT2D eigenvalue weighted by atomic mass is 19.4. The summed E-state index contributed by atoms with van der Waals surface area (Å²) < 4.78 is 38.1. The number of aliphatic imine (C=N–C) groups is 1. The van der Waals surface area contributed by atoms with Gasteiger partial charge in [-0.05, 0) is 24.6 Å². The Kier molecular flexibility index (Phi) is 4.03. The van der Waals surface area contributed by atoms with E-state index >= 15 is 0 Å². The summed E-state index contributed by atoms with van der Waals surface area (Å²) in [6, 6.07) is 1.59. The molecule has 0 saturated carbocycles. The number of hydrogen-bond acceptors (Lipinski definition) is 5. The molecule has 0 bridgehead atoms. The van der Waals surface area contributed by atoms with Crippen LogP contribution in [0, 0.1) is 6.92 Å². The molecule has 0 amide bonds. The van der Waals surface area contributed by atoms with Gasteiger partial charge < -0.3 is 10.8 Å². The Labute approximate surface area is 124 Å². The van der Waals surface area contributed by atoms with Gasteiger partial charge in [0.25, 0.3) is 0 Å². The maximum Gasteiger partial charge on any atom is 0.416 e. The summed E-state index contributed by atoms with van der Waals surface area (Å²) in [5.41, 5.74) is 5.70. The second-order valence-electron chi connectivity index (χ2n) is 4.60. The van der Waals surface area contributed by atoms with Crippen molar-refractivity contribution in [2.24, 2.45) is 4.99 Å². The quantitative estimate of drug-likeness (QED) is 0.835. The summed E-state index contributed by atoms with van der Waals surface area (Å²) in [5, 5.41) is 9.92. The molecule has 22 heavy (non-hydrogen) atoms. The van der Waals surface area contributed by atoms with E-state index in [-0.39, 0.29) is 22.6 Å². The summed E-state index contributed by atoms with van der Waals surface area (Å²) in [7, 11) is 1.54. The first-order chi connectivity index (χ1) is 10.2. The van der Waals surface area contributed by atoms with Crippen LogP contribution in [0.4, 0.5) is 19.0 Å². The van der Waals surface area contributed by atoms with Gasteiger partial charge in [0.1, 0.15) is 11.4 Å². The van der Waals surface area contributed by atoms with E-state index in [0.717, 1.165) is 6.07 Å². The Morgan fingerprint density at radius 1 is 1.32 bits per heavy atom. The zero-order valence-electron chi connectivity index (χ0n) is 11.8. The standard InChI is InChI=1S/C14H13F3N4O/c1-7-3-8(14(15,16)17)4-11(22)12(7)9-6-20-10(5-19-2)13(18)21-9/h3-6,22H,1-2H3,(H2,18,21). The van der Waals surface area contributed by atoms with Gasteiger partial charge in [0.2, 0.25) is 0 Å². The van der Waals surface area contributed by atoms with E-state index in [0.29, 0.717) is 11.8 Å². The van der Waals surface area contributed by atoms with Gasteiger partial charge >= 0.3 is 6.18 Å². The number of aromatic nitrogens is 2. The molecule has 8 heteroatoms. The Morgan fingerprint density at radius 2 is 2.00 bits per heavy atom. The molecular formula is C14H13F3N4O. The molecule has 0 unspecified atom stereocenters. The van der Waals surface area contributed by atoms with Crippen LogP contribution in [0.25, 0.3) is 11.3 Å². The minimum absolute atomic E-state index is 0.0711. The second kappa shape index (κ2) is 5.63. The number of nitrogens with zero attached hydrogens (tertiary/aromatic N) is 3. The Hall–Kier alpha value is -2.64. The van der Waals surface area contributed by atoms with Crippen LogP contribution < -0.4 is 5.73 Å². The number of aryl methyl sites for hydroxylation is 1. The van der Waals surface area contributed by atoms with Crippen LogP contribution in [0.2, 0.25) is 0 Å². The van der Waals surface area contributed by atoms with Crippen LogP contribution in [-0.2, 0) is 6.18 Å². The zero-order chi connectivity index (χ0) is 16.5. The van der Waals surface area contributed by atoms with Gasteiger partial charge in [0.15, 0.2) is 5.82 Å². The predicted octanol–water partition coefficient (Wildman–Crippen LogP) is 2.81. The van der Waals surface area contributed by atoms with Gasteiger partial charge in [-0.2, -0.15) is 13.2 Å². The maximum absolute atomic E-state index is 12.7. The maximum atomic E-state index is 12.7. The molecule has 0 saturated heterocycles. The fourth-order valence-corrected chi connectivity index (χ4v) is 2.02. The predicted molar refractivity (Wildman–Crippen MR) is 76.8 cm³/mol. The summed E-state index contributed by atoms with van der Waals surface area (Å²) >= 11 is 0. The van der Waals surface area contributed by atoms with Gasteiger partial charge in [-0.25, -0.2) is 9.97 Å². The largest absolute Gasteiger partial charge is 0.507 e. The van der Waals surface area contributed by atoms with E-state index in [2.05, 4.69) is 15.0 Å². The number of nitrogen functional groups attached to an aromatic ring is 1. The van der Waals surface area contributed by atoms with Crippen molar-refractivity contribution in [1.29, 1.82) is 0 Å². The van der Waals surface area contributed by atoms with Crippen LogP contribution in [0.15, 0.2) is 23.3 Å². The van der Waals surface area contributed by atoms with Gasteiger partial charge in [0, 0.05) is 12.6 Å². The third-order valence-corrected chi connectivity index (χ3v) is 2.98. The smallest absolute Gasteiger partial charge is 0.416 e. The molecule has 0 fully saturated rings. The number of rotatable bonds is 2. The van der Waals surface area contributed by atoms with Crippen LogP contribution in [-0.4, -0.2) is 28.3 Å². The molecule has 0 aliphatic carbocycles. The molecule has 0 aliphatic heterocycles. The number of alkyl halides is 3. The van der Waals surface area contributed by atoms with Crippen molar-refractivity contribution in [3.05, 3.63) is 35.2 Å². The van der Waals surface area contributed by atoms with Gasteiger partial charge in [-0.3, -0.25) is 4.99 Å². The van der Waals surface area contributed by atoms with E-state index in [4.69, 9.17) is 5.73 Å². The lowest BCUT2D eigenvalue weighted by Gasteiger charge is -2.13. The Bertz CT molecular complexity index is 718. The normalized spacial score (nSPS) is 12.0. The number of phenolic OH excluding ortho intramolecular Hbond substituents is 1. The number of nitrogens with two attached hydrogens (primary N) is 1. The SMILES string of the molecule is CN=Cc1ncc(-c2c(C)cc(C(F)(F)F)cc2O)nc1N. The lowest BCUT2D eigenvalue weighted by molar-refractivity contribution is -0.137. The lowest BCUT2D eigenvalue weighted by atomic mass is 10.0. The minimum atomic E-state index is -4.53. The molecule has 0 atom stereocenters. The van der Waals surface area contributed by atoms with Crippen LogP contribution in [0.1, 0.15) is 16.8 Å². The molecule has 2 rings (SSSR count). The molecule has 1 heterocycles.